The second-order valence-corrected chi connectivity index (χ2v) is 12.0. The van der Waals surface area contributed by atoms with Crippen LogP contribution >= 0.6 is 11.8 Å². The van der Waals surface area contributed by atoms with Gasteiger partial charge in [-0.1, -0.05) is 0 Å². The van der Waals surface area contributed by atoms with Gasteiger partial charge in [0.15, 0.2) is 0 Å². The number of aryl methyl sites for hydroxylation is 1. The summed E-state index contributed by atoms with van der Waals surface area (Å²) < 4.78 is 66.8. The molecule has 0 amide bonds. The second kappa shape index (κ2) is 8.31. The standard InChI is InChI=1S/C13H17NO6S3Se/c15-22(16,17)9-3-7-14-11-5-1-2-6-12(11)24-13(14)21-8-4-10-23(18,19)20/h1-2,5-6H,3-4,7-10H2,(H-,15,16,17,18,19,20). The molecule has 11 heteroatoms. The Morgan fingerprint density at radius 3 is 2.50 bits per heavy atom. The summed E-state index contributed by atoms with van der Waals surface area (Å²) in [6.45, 7) is 0.431. The SMILES string of the molecule is O=S(=O)([O-])CCC[n+]1c(SCCCS(=O)(=O)O)[se]c2ccccc21. The van der Waals surface area contributed by atoms with Gasteiger partial charge in [-0.05, 0) is 0 Å². The molecule has 0 saturated heterocycles. The van der Waals surface area contributed by atoms with Crippen molar-refractivity contribution in [3.63, 3.8) is 0 Å². The van der Waals surface area contributed by atoms with Crippen molar-refractivity contribution in [1.29, 1.82) is 0 Å². The van der Waals surface area contributed by atoms with Crippen molar-refractivity contribution >= 4 is 56.3 Å². The molecule has 0 aliphatic carbocycles. The summed E-state index contributed by atoms with van der Waals surface area (Å²) in [6, 6.07) is 7.80. The summed E-state index contributed by atoms with van der Waals surface area (Å²) in [5.74, 6) is -0.137. The van der Waals surface area contributed by atoms with Crippen LogP contribution in [0.1, 0.15) is 12.8 Å². The first-order valence-corrected chi connectivity index (χ1v) is 13.0. The number of aromatic nitrogens is 1. The summed E-state index contributed by atoms with van der Waals surface area (Å²) in [5.41, 5.74) is 1.01. The average Bonchev–Trinajstić information content (AvgIpc) is 2.80. The van der Waals surface area contributed by atoms with Crippen LogP contribution in [0.5, 0.6) is 0 Å². The van der Waals surface area contributed by atoms with Crippen LogP contribution in [-0.2, 0) is 26.8 Å². The maximum absolute atomic E-state index is 10.8. The van der Waals surface area contributed by atoms with Gasteiger partial charge in [0.25, 0.3) is 0 Å². The van der Waals surface area contributed by atoms with Gasteiger partial charge in [-0.15, -0.1) is 0 Å². The Labute approximate surface area is 151 Å². The van der Waals surface area contributed by atoms with E-state index in [1.54, 1.807) is 0 Å². The average molecular weight is 458 g/mol. The third kappa shape index (κ3) is 6.47. The number of hydrogen-bond donors (Lipinski definition) is 1. The van der Waals surface area contributed by atoms with E-state index in [9.17, 15) is 21.4 Å². The molecule has 0 atom stereocenters. The zero-order valence-corrected chi connectivity index (χ0v) is 16.8. The second-order valence-electron chi connectivity index (χ2n) is 5.09. The van der Waals surface area contributed by atoms with Gasteiger partial charge in [0, 0.05) is 0 Å². The zero-order valence-electron chi connectivity index (χ0n) is 12.6. The zero-order chi connectivity index (χ0) is 17.8. The molecule has 0 bridgehead atoms. The summed E-state index contributed by atoms with van der Waals surface area (Å²) in [5, 5.41) is 0. The molecule has 1 aromatic carbocycles. The Kier molecular flexibility index (Phi) is 6.89. The van der Waals surface area contributed by atoms with Gasteiger partial charge in [-0.2, -0.15) is 0 Å². The minimum atomic E-state index is -4.23. The number of rotatable bonds is 9. The molecule has 0 spiro atoms. The van der Waals surface area contributed by atoms with Crippen LogP contribution in [-0.4, -0.2) is 57.7 Å². The van der Waals surface area contributed by atoms with Crippen LogP contribution in [0.2, 0.25) is 0 Å². The number of thioether (sulfide) groups is 1. The molecule has 1 heterocycles. The van der Waals surface area contributed by atoms with Crippen molar-refractivity contribution in [2.45, 2.75) is 23.3 Å². The number of para-hydroxylation sites is 1. The Hall–Kier alpha value is -0.421. The first-order valence-electron chi connectivity index (χ1n) is 7.09. The molecular weight excluding hydrogens is 441 g/mol. The monoisotopic (exact) mass is 459 g/mol. The van der Waals surface area contributed by atoms with E-state index in [0.29, 0.717) is 18.7 Å². The van der Waals surface area contributed by atoms with Crippen LogP contribution in [0.3, 0.4) is 0 Å². The topological polar surface area (TPSA) is 115 Å². The van der Waals surface area contributed by atoms with E-state index < -0.39 is 26.0 Å². The first-order chi connectivity index (χ1) is 11.2. The van der Waals surface area contributed by atoms with E-state index in [-0.39, 0.29) is 26.7 Å². The van der Waals surface area contributed by atoms with Crippen LogP contribution in [0.15, 0.2) is 28.2 Å². The molecule has 2 aromatic rings. The normalized spacial score (nSPS) is 12.8. The van der Waals surface area contributed by atoms with Crippen LogP contribution in [0.4, 0.5) is 0 Å². The van der Waals surface area contributed by atoms with Crippen LogP contribution in [0, 0.1) is 0 Å². The summed E-state index contributed by atoms with van der Waals surface area (Å²) in [6.07, 6.45) is 0.577. The predicted molar refractivity (Wildman–Crippen MR) is 92.0 cm³/mol. The predicted octanol–water partition coefficient (Wildman–Crippen LogP) is 0.490. The Balaban J connectivity index is 2.11. The molecule has 0 aliphatic heterocycles. The molecule has 134 valence electrons. The minimum absolute atomic E-state index is 0.0652. The number of fused-ring (bicyclic) bond motifs is 1. The van der Waals surface area contributed by atoms with Crippen LogP contribution < -0.4 is 4.57 Å². The molecule has 0 fully saturated rings. The molecule has 0 unspecified atom stereocenters. The van der Waals surface area contributed by atoms with E-state index in [2.05, 4.69) is 0 Å². The van der Waals surface area contributed by atoms with Crippen LogP contribution in [0.25, 0.3) is 9.78 Å². The van der Waals surface area contributed by atoms with Gasteiger partial charge in [0.2, 0.25) is 0 Å². The summed E-state index contributed by atoms with van der Waals surface area (Å²) >= 11 is 1.58. The van der Waals surface area contributed by atoms with E-state index in [4.69, 9.17) is 4.55 Å². The number of benzene rings is 1. The molecule has 1 N–H and O–H groups in total. The van der Waals surface area contributed by atoms with Gasteiger partial charge >= 0.3 is 152 Å². The van der Waals surface area contributed by atoms with Gasteiger partial charge in [0.1, 0.15) is 0 Å². The van der Waals surface area contributed by atoms with Crippen molar-refractivity contribution in [2.24, 2.45) is 0 Å². The molecule has 0 radical (unpaired) electrons. The van der Waals surface area contributed by atoms with Gasteiger partial charge in [-0.3, -0.25) is 0 Å². The Morgan fingerprint density at radius 2 is 1.83 bits per heavy atom. The fourth-order valence-electron chi connectivity index (χ4n) is 2.13. The van der Waals surface area contributed by atoms with E-state index in [1.807, 2.05) is 28.8 Å². The van der Waals surface area contributed by atoms with E-state index in [1.165, 1.54) is 16.0 Å². The fourth-order valence-corrected chi connectivity index (χ4v) is 7.46. The van der Waals surface area contributed by atoms with Crippen molar-refractivity contribution in [3.8, 4) is 0 Å². The number of nitrogens with zero attached hydrogens (tertiary/aromatic N) is 1. The fraction of sp³-hybridized carbons (Fsp3) is 0.462. The molecule has 1 aromatic heterocycles. The quantitative estimate of drug-likeness (QED) is 0.191. The molecule has 2 rings (SSSR count). The van der Waals surface area contributed by atoms with Crippen molar-refractivity contribution in [1.82, 2.24) is 0 Å². The molecule has 0 saturated carbocycles. The molecule has 7 nitrogen and oxygen atoms in total. The summed E-state index contributed by atoms with van der Waals surface area (Å²) in [7, 11) is -8.18. The molecular formula is C13H17NO6S3Se. The third-order valence-corrected chi connectivity index (χ3v) is 8.86. The van der Waals surface area contributed by atoms with E-state index in [0.717, 1.165) is 9.42 Å². The van der Waals surface area contributed by atoms with Crippen molar-refractivity contribution < 1.29 is 30.5 Å². The van der Waals surface area contributed by atoms with Gasteiger partial charge in [-0.25, -0.2) is 0 Å². The van der Waals surface area contributed by atoms with E-state index >= 15 is 0 Å². The maximum atomic E-state index is 10.8. The van der Waals surface area contributed by atoms with Gasteiger partial charge in [0.05, 0.1) is 0 Å². The van der Waals surface area contributed by atoms with Crippen molar-refractivity contribution in [3.05, 3.63) is 24.3 Å². The van der Waals surface area contributed by atoms with Gasteiger partial charge < -0.3 is 0 Å². The molecule has 24 heavy (non-hydrogen) atoms. The Morgan fingerprint density at radius 1 is 1.12 bits per heavy atom. The summed E-state index contributed by atoms with van der Waals surface area (Å²) in [4.78, 5) is 0. The number of hydrogen-bond acceptors (Lipinski definition) is 6. The molecule has 0 aliphatic rings. The third-order valence-electron chi connectivity index (χ3n) is 3.12. The Bertz CT molecular complexity index is 907. The first kappa shape index (κ1) is 19.9. The van der Waals surface area contributed by atoms with Crippen molar-refractivity contribution in [2.75, 3.05) is 17.3 Å².